The minimum Gasteiger partial charge on any atom is -0.349 e. The Morgan fingerprint density at radius 2 is 2.11 bits per heavy atom. The number of piperidine rings is 1. The summed E-state index contributed by atoms with van der Waals surface area (Å²) in [5.74, 6) is 0.0693. The Kier molecular flexibility index (Phi) is 4.37. The van der Waals surface area contributed by atoms with Crippen molar-refractivity contribution in [2.45, 2.75) is 32.2 Å². The largest absolute Gasteiger partial charge is 0.349 e. The summed E-state index contributed by atoms with van der Waals surface area (Å²) in [7, 11) is 2.13. The SMILES string of the molecule is CCc1cccc(C(=O)NC2CCN(C)CC2)c1. The second-order valence-corrected chi connectivity index (χ2v) is 5.10. The minimum atomic E-state index is 0.0693. The lowest BCUT2D eigenvalue weighted by atomic mass is 10.0. The molecule has 1 heterocycles. The lowest BCUT2D eigenvalue weighted by molar-refractivity contribution is 0.0917. The van der Waals surface area contributed by atoms with Crippen LogP contribution in [0.3, 0.4) is 0 Å². The summed E-state index contributed by atoms with van der Waals surface area (Å²) in [6, 6.07) is 8.24. The zero-order chi connectivity index (χ0) is 13.0. The molecule has 1 amide bonds. The Balaban J connectivity index is 1.94. The Labute approximate surface area is 109 Å². The summed E-state index contributed by atoms with van der Waals surface area (Å²) >= 11 is 0. The molecule has 1 aromatic carbocycles. The number of amides is 1. The highest BCUT2D eigenvalue weighted by molar-refractivity contribution is 5.94. The maximum atomic E-state index is 12.1. The second kappa shape index (κ2) is 6.01. The molecule has 3 heteroatoms. The maximum Gasteiger partial charge on any atom is 0.251 e. The fraction of sp³-hybridized carbons (Fsp3) is 0.533. The van der Waals surface area contributed by atoms with Crippen LogP contribution >= 0.6 is 0 Å². The molecule has 98 valence electrons. The van der Waals surface area contributed by atoms with Gasteiger partial charge >= 0.3 is 0 Å². The lowest BCUT2D eigenvalue weighted by Gasteiger charge is -2.29. The van der Waals surface area contributed by atoms with E-state index in [-0.39, 0.29) is 5.91 Å². The van der Waals surface area contributed by atoms with Gasteiger partial charge in [-0.25, -0.2) is 0 Å². The van der Waals surface area contributed by atoms with Crippen LogP contribution in [0.2, 0.25) is 0 Å². The summed E-state index contributed by atoms with van der Waals surface area (Å²) in [4.78, 5) is 14.4. The van der Waals surface area contributed by atoms with Crippen molar-refractivity contribution in [2.24, 2.45) is 0 Å². The molecule has 1 aliphatic rings. The van der Waals surface area contributed by atoms with E-state index in [1.54, 1.807) is 0 Å². The van der Waals surface area contributed by atoms with Gasteiger partial charge in [-0.2, -0.15) is 0 Å². The molecule has 1 saturated heterocycles. The number of carbonyl (C=O) groups excluding carboxylic acids is 1. The third-order valence-electron chi connectivity index (χ3n) is 3.65. The lowest BCUT2D eigenvalue weighted by Crippen LogP contribution is -2.43. The second-order valence-electron chi connectivity index (χ2n) is 5.10. The first-order valence-corrected chi connectivity index (χ1v) is 6.77. The van der Waals surface area contributed by atoms with Gasteiger partial charge in [0.15, 0.2) is 0 Å². The summed E-state index contributed by atoms with van der Waals surface area (Å²) in [5.41, 5.74) is 2.00. The van der Waals surface area contributed by atoms with Crippen LogP contribution < -0.4 is 5.32 Å². The van der Waals surface area contributed by atoms with Crippen LogP contribution in [0.4, 0.5) is 0 Å². The molecule has 0 unspecified atom stereocenters. The normalized spacial score (nSPS) is 17.7. The van der Waals surface area contributed by atoms with Crippen molar-refractivity contribution < 1.29 is 4.79 Å². The third-order valence-corrected chi connectivity index (χ3v) is 3.65. The van der Waals surface area contributed by atoms with Gasteiger partial charge in [0.2, 0.25) is 0 Å². The molecule has 2 rings (SSSR count). The standard InChI is InChI=1S/C15H22N2O/c1-3-12-5-4-6-13(11-12)15(18)16-14-7-9-17(2)10-8-14/h4-6,11,14H,3,7-10H2,1-2H3,(H,16,18). The van der Waals surface area contributed by atoms with Crippen molar-refractivity contribution in [1.29, 1.82) is 0 Å². The highest BCUT2D eigenvalue weighted by Gasteiger charge is 2.18. The van der Waals surface area contributed by atoms with E-state index in [1.807, 2.05) is 18.2 Å². The van der Waals surface area contributed by atoms with Gasteiger partial charge in [-0.3, -0.25) is 4.79 Å². The molecule has 0 radical (unpaired) electrons. The van der Waals surface area contributed by atoms with Gasteiger partial charge in [-0.05, 0) is 57.1 Å². The van der Waals surface area contributed by atoms with E-state index in [9.17, 15) is 4.79 Å². The number of hydrogen-bond donors (Lipinski definition) is 1. The van der Waals surface area contributed by atoms with E-state index in [0.717, 1.165) is 37.9 Å². The molecular formula is C15H22N2O. The van der Waals surface area contributed by atoms with E-state index in [1.165, 1.54) is 5.56 Å². The number of likely N-dealkylation sites (tertiary alicyclic amines) is 1. The topological polar surface area (TPSA) is 32.3 Å². The fourth-order valence-corrected chi connectivity index (χ4v) is 2.35. The molecule has 1 aromatic rings. The summed E-state index contributed by atoms with van der Waals surface area (Å²) < 4.78 is 0. The highest BCUT2D eigenvalue weighted by Crippen LogP contribution is 2.11. The highest BCUT2D eigenvalue weighted by atomic mass is 16.1. The van der Waals surface area contributed by atoms with Crippen LogP contribution in [0.5, 0.6) is 0 Å². The number of rotatable bonds is 3. The molecule has 0 saturated carbocycles. The van der Waals surface area contributed by atoms with Gasteiger partial charge in [-0.15, -0.1) is 0 Å². The summed E-state index contributed by atoms with van der Waals surface area (Å²) in [6.07, 6.45) is 3.07. The molecule has 1 N–H and O–H groups in total. The number of carbonyl (C=O) groups is 1. The van der Waals surface area contributed by atoms with Crippen LogP contribution in [-0.2, 0) is 6.42 Å². The van der Waals surface area contributed by atoms with Crippen LogP contribution in [0.25, 0.3) is 0 Å². The fourth-order valence-electron chi connectivity index (χ4n) is 2.35. The molecule has 0 spiro atoms. The monoisotopic (exact) mass is 246 g/mol. The first-order chi connectivity index (χ1) is 8.69. The van der Waals surface area contributed by atoms with Crippen molar-refractivity contribution >= 4 is 5.91 Å². The summed E-state index contributed by atoms with van der Waals surface area (Å²) in [5, 5.41) is 3.14. The van der Waals surface area contributed by atoms with Gasteiger partial charge in [0.25, 0.3) is 5.91 Å². The predicted molar refractivity (Wildman–Crippen MR) is 73.8 cm³/mol. The van der Waals surface area contributed by atoms with Crippen molar-refractivity contribution in [3.05, 3.63) is 35.4 Å². The third kappa shape index (κ3) is 3.33. The molecule has 0 atom stereocenters. The Morgan fingerprint density at radius 3 is 2.78 bits per heavy atom. The van der Waals surface area contributed by atoms with Gasteiger partial charge in [0.05, 0.1) is 0 Å². The van der Waals surface area contributed by atoms with Gasteiger partial charge in [0.1, 0.15) is 0 Å². The molecule has 1 aliphatic heterocycles. The average molecular weight is 246 g/mol. The maximum absolute atomic E-state index is 12.1. The van der Waals surface area contributed by atoms with Crippen molar-refractivity contribution in [3.8, 4) is 0 Å². The quantitative estimate of drug-likeness (QED) is 0.885. The van der Waals surface area contributed by atoms with E-state index in [0.29, 0.717) is 6.04 Å². The van der Waals surface area contributed by atoms with Crippen LogP contribution in [0.15, 0.2) is 24.3 Å². The molecule has 3 nitrogen and oxygen atoms in total. The zero-order valence-corrected chi connectivity index (χ0v) is 11.3. The number of nitrogens with one attached hydrogen (secondary N) is 1. The van der Waals surface area contributed by atoms with Gasteiger partial charge < -0.3 is 10.2 Å². The van der Waals surface area contributed by atoms with Crippen LogP contribution in [0, 0.1) is 0 Å². The van der Waals surface area contributed by atoms with E-state index in [4.69, 9.17) is 0 Å². The van der Waals surface area contributed by atoms with Crippen LogP contribution in [0.1, 0.15) is 35.7 Å². The summed E-state index contributed by atoms with van der Waals surface area (Å²) in [6.45, 7) is 4.24. The van der Waals surface area contributed by atoms with Crippen molar-refractivity contribution in [1.82, 2.24) is 10.2 Å². The van der Waals surface area contributed by atoms with E-state index in [2.05, 4.69) is 30.3 Å². The molecule has 0 aliphatic carbocycles. The number of hydrogen-bond acceptors (Lipinski definition) is 2. The van der Waals surface area contributed by atoms with Gasteiger partial charge in [0, 0.05) is 11.6 Å². The number of nitrogens with zero attached hydrogens (tertiary/aromatic N) is 1. The molecule has 1 fully saturated rings. The van der Waals surface area contributed by atoms with Gasteiger partial charge in [-0.1, -0.05) is 19.1 Å². The number of benzene rings is 1. The zero-order valence-electron chi connectivity index (χ0n) is 11.3. The molecular weight excluding hydrogens is 224 g/mol. The Bertz CT molecular complexity index is 409. The molecule has 0 bridgehead atoms. The Morgan fingerprint density at radius 1 is 1.39 bits per heavy atom. The van der Waals surface area contributed by atoms with Crippen molar-refractivity contribution in [2.75, 3.05) is 20.1 Å². The van der Waals surface area contributed by atoms with Crippen LogP contribution in [-0.4, -0.2) is 37.0 Å². The number of aryl methyl sites for hydroxylation is 1. The first kappa shape index (κ1) is 13.1. The minimum absolute atomic E-state index is 0.0693. The van der Waals surface area contributed by atoms with E-state index >= 15 is 0 Å². The first-order valence-electron chi connectivity index (χ1n) is 6.77. The van der Waals surface area contributed by atoms with Crippen molar-refractivity contribution in [3.63, 3.8) is 0 Å². The average Bonchev–Trinajstić information content (AvgIpc) is 2.41. The smallest absolute Gasteiger partial charge is 0.251 e. The van der Waals surface area contributed by atoms with E-state index < -0.39 is 0 Å². The predicted octanol–water partition coefficient (Wildman–Crippen LogP) is 2.07. The molecule has 18 heavy (non-hydrogen) atoms. The molecule has 0 aromatic heterocycles. The Hall–Kier alpha value is -1.35.